The molecule has 0 spiro atoms. The van der Waals surface area contributed by atoms with Gasteiger partial charge >= 0.3 is 0 Å². The molecule has 1 aliphatic rings. The molecule has 0 radical (unpaired) electrons. The Hall–Kier alpha value is -3.73. The smallest absolute Gasteiger partial charge is 0.267 e. The lowest BCUT2D eigenvalue weighted by atomic mass is 10.2. The molecular weight excluding hydrogens is 432 g/mol. The molecule has 7 heteroatoms. The maximum absolute atomic E-state index is 12.9. The predicted octanol–water partition coefficient (Wildman–Crippen LogP) is 5.13. The van der Waals surface area contributed by atoms with Crippen molar-refractivity contribution >= 4 is 34.7 Å². The Morgan fingerprint density at radius 3 is 2.36 bits per heavy atom. The van der Waals surface area contributed by atoms with Gasteiger partial charge in [0.1, 0.15) is 11.6 Å². The van der Waals surface area contributed by atoms with E-state index in [4.69, 9.17) is 4.74 Å². The molecule has 0 bridgehead atoms. The molecule has 0 saturated carbocycles. The molecule has 0 aromatic heterocycles. The third-order valence-electron chi connectivity index (χ3n) is 5.10. The molecule has 1 heterocycles. The summed E-state index contributed by atoms with van der Waals surface area (Å²) in [5.41, 5.74) is 2.50. The molecule has 1 fully saturated rings. The number of anilines is 3. The Morgan fingerprint density at radius 2 is 1.61 bits per heavy atom. The van der Waals surface area contributed by atoms with E-state index in [1.807, 2.05) is 84.9 Å². The average Bonchev–Trinajstić information content (AvgIpc) is 2.87. The largest absolute Gasteiger partial charge is 0.378 e. The van der Waals surface area contributed by atoms with E-state index in [-0.39, 0.29) is 5.57 Å². The lowest BCUT2D eigenvalue weighted by molar-refractivity contribution is -0.112. The maximum Gasteiger partial charge on any atom is 0.267 e. The first-order valence-corrected chi connectivity index (χ1v) is 11.5. The van der Waals surface area contributed by atoms with E-state index in [0.29, 0.717) is 18.9 Å². The zero-order valence-electron chi connectivity index (χ0n) is 18.0. The zero-order chi connectivity index (χ0) is 22.9. The number of nitrogens with one attached hydrogen (secondary N) is 2. The quantitative estimate of drug-likeness (QED) is 0.379. The van der Waals surface area contributed by atoms with E-state index in [9.17, 15) is 10.1 Å². The number of rotatable bonds is 7. The number of morpholine rings is 1. The fourth-order valence-corrected chi connectivity index (χ4v) is 4.36. The number of nitriles is 1. The topological polar surface area (TPSA) is 77.4 Å². The number of amides is 1. The van der Waals surface area contributed by atoms with Crippen LogP contribution in [0, 0.1) is 11.3 Å². The molecule has 1 saturated heterocycles. The van der Waals surface area contributed by atoms with E-state index < -0.39 is 5.91 Å². The number of nitrogens with zero attached hydrogens (tertiary/aromatic N) is 2. The van der Waals surface area contributed by atoms with Crippen molar-refractivity contribution in [1.82, 2.24) is 0 Å². The molecule has 2 N–H and O–H groups in total. The van der Waals surface area contributed by atoms with Crippen molar-refractivity contribution in [3.63, 3.8) is 0 Å². The second kappa shape index (κ2) is 11.2. The van der Waals surface area contributed by atoms with Gasteiger partial charge in [0.15, 0.2) is 0 Å². The molecule has 0 unspecified atom stereocenters. The van der Waals surface area contributed by atoms with Crippen molar-refractivity contribution in [2.75, 3.05) is 41.8 Å². The van der Waals surface area contributed by atoms with Crippen LogP contribution in [0.25, 0.3) is 0 Å². The maximum atomic E-state index is 12.9. The van der Waals surface area contributed by atoms with Gasteiger partial charge in [-0.2, -0.15) is 5.26 Å². The van der Waals surface area contributed by atoms with Crippen LogP contribution in [-0.2, 0) is 9.53 Å². The molecule has 6 nitrogen and oxygen atoms in total. The number of ether oxygens (including phenoxy) is 1. The molecule has 1 aliphatic heterocycles. The van der Waals surface area contributed by atoms with Crippen LogP contribution in [-0.4, -0.2) is 32.2 Å². The SMILES string of the molecule is N#C/C(=C/Nc1ccccc1N1CCOCC1)C(=O)Nc1ccccc1Sc1ccccc1. The third kappa shape index (κ3) is 5.95. The van der Waals surface area contributed by atoms with E-state index in [1.54, 1.807) is 11.8 Å². The molecular formula is C26H24N4O2S. The van der Waals surface area contributed by atoms with Crippen molar-refractivity contribution in [2.24, 2.45) is 0 Å². The molecule has 4 rings (SSSR count). The molecule has 3 aromatic carbocycles. The van der Waals surface area contributed by atoms with Gasteiger partial charge in [-0.3, -0.25) is 4.79 Å². The highest BCUT2D eigenvalue weighted by molar-refractivity contribution is 7.99. The third-order valence-corrected chi connectivity index (χ3v) is 6.18. The minimum Gasteiger partial charge on any atom is -0.378 e. The van der Waals surface area contributed by atoms with E-state index in [2.05, 4.69) is 15.5 Å². The summed E-state index contributed by atoms with van der Waals surface area (Å²) in [6.45, 7) is 2.95. The van der Waals surface area contributed by atoms with Crippen LogP contribution < -0.4 is 15.5 Å². The Kier molecular flexibility index (Phi) is 7.64. The predicted molar refractivity (Wildman–Crippen MR) is 132 cm³/mol. The fourth-order valence-electron chi connectivity index (χ4n) is 3.44. The molecule has 0 aliphatic carbocycles. The minimum atomic E-state index is -0.463. The summed E-state index contributed by atoms with van der Waals surface area (Å²) in [5, 5.41) is 15.7. The van der Waals surface area contributed by atoms with Crippen LogP contribution in [0.2, 0.25) is 0 Å². The first-order chi connectivity index (χ1) is 16.2. The van der Waals surface area contributed by atoms with Crippen LogP contribution in [0.1, 0.15) is 0 Å². The van der Waals surface area contributed by atoms with Crippen LogP contribution >= 0.6 is 11.8 Å². The lowest BCUT2D eigenvalue weighted by Crippen LogP contribution is -2.36. The van der Waals surface area contributed by atoms with Gasteiger partial charge in [0.2, 0.25) is 0 Å². The molecule has 33 heavy (non-hydrogen) atoms. The second-order valence-electron chi connectivity index (χ2n) is 7.30. The normalized spacial score (nSPS) is 13.8. The number of carbonyl (C=O) groups is 1. The van der Waals surface area contributed by atoms with Crippen molar-refractivity contribution in [3.05, 3.63) is 90.6 Å². The summed E-state index contributed by atoms with van der Waals surface area (Å²) in [5.74, 6) is -0.463. The standard InChI is InChI=1S/C26H24N4O2S/c27-18-20(19-28-22-10-4-6-12-24(22)30-14-16-32-17-15-30)26(31)29-23-11-5-7-13-25(23)33-21-8-2-1-3-9-21/h1-13,19,28H,14-17H2,(H,29,31)/b20-19-. The van der Waals surface area contributed by atoms with Gasteiger partial charge in [0, 0.05) is 29.1 Å². The van der Waals surface area contributed by atoms with Gasteiger partial charge in [-0.1, -0.05) is 54.2 Å². The highest BCUT2D eigenvalue weighted by atomic mass is 32.2. The van der Waals surface area contributed by atoms with Crippen molar-refractivity contribution in [3.8, 4) is 6.07 Å². The molecule has 0 atom stereocenters. The molecule has 166 valence electrons. The van der Waals surface area contributed by atoms with Gasteiger partial charge in [0.25, 0.3) is 5.91 Å². The monoisotopic (exact) mass is 456 g/mol. The second-order valence-corrected chi connectivity index (χ2v) is 8.41. The Labute approximate surface area is 197 Å². The first-order valence-electron chi connectivity index (χ1n) is 10.7. The van der Waals surface area contributed by atoms with Crippen LogP contribution in [0.4, 0.5) is 17.1 Å². The highest BCUT2D eigenvalue weighted by Gasteiger charge is 2.16. The summed E-state index contributed by atoms with van der Waals surface area (Å²) in [7, 11) is 0. The summed E-state index contributed by atoms with van der Waals surface area (Å²) < 4.78 is 5.44. The van der Waals surface area contributed by atoms with Gasteiger partial charge < -0.3 is 20.3 Å². The summed E-state index contributed by atoms with van der Waals surface area (Å²) >= 11 is 1.56. The zero-order valence-corrected chi connectivity index (χ0v) is 18.8. The number of para-hydroxylation sites is 3. The molecule has 3 aromatic rings. The number of hydrogen-bond donors (Lipinski definition) is 2. The van der Waals surface area contributed by atoms with Gasteiger partial charge in [-0.25, -0.2) is 0 Å². The minimum absolute atomic E-state index is 0.00806. The fraction of sp³-hybridized carbons (Fsp3) is 0.154. The van der Waals surface area contributed by atoms with E-state index in [1.165, 1.54) is 6.20 Å². The Balaban J connectivity index is 1.48. The van der Waals surface area contributed by atoms with E-state index >= 15 is 0 Å². The lowest BCUT2D eigenvalue weighted by Gasteiger charge is -2.30. The summed E-state index contributed by atoms with van der Waals surface area (Å²) in [6, 6.07) is 27.3. The number of hydrogen-bond acceptors (Lipinski definition) is 6. The van der Waals surface area contributed by atoms with Crippen molar-refractivity contribution in [1.29, 1.82) is 5.26 Å². The summed E-state index contributed by atoms with van der Waals surface area (Å²) in [4.78, 5) is 17.1. The van der Waals surface area contributed by atoms with Crippen molar-refractivity contribution in [2.45, 2.75) is 9.79 Å². The van der Waals surface area contributed by atoms with Gasteiger partial charge in [-0.15, -0.1) is 0 Å². The van der Waals surface area contributed by atoms with Crippen LogP contribution in [0.15, 0.2) is 100 Å². The van der Waals surface area contributed by atoms with Gasteiger partial charge in [-0.05, 0) is 36.4 Å². The molecule has 1 amide bonds. The van der Waals surface area contributed by atoms with Gasteiger partial charge in [0.05, 0.1) is 30.3 Å². The number of benzene rings is 3. The van der Waals surface area contributed by atoms with Crippen molar-refractivity contribution < 1.29 is 9.53 Å². The van der Waals surface area contributed by atoms with Crippen LogP contribution in [0.3, 0.4) is 0 Å². The Bertz CT molecular complexity index is 1170. The Morgan fingerprint density at radius 1 is 0.939 bits per heavy atom. The van der Waals surface area contributed by atoms with Crippen LogP contribution in [0.5, 0.6) is 0 Å². The highest BCUT2D eigenvalue weighted by Crippen LogP contribution is 2.33. The van der Waals surface area contributed by atoms with E-state index in [0.717, 1.165) is 34.3 Å². The summed E-state index contributed by atoms with van der Waals surface area (Å²) in [6.07, 6.45) is 1.46. The first kappa shape index (κ1) is 22.5. The number of carbonyl (C=O) groups excluding carboxylic acids is 1. The average molecular weight is 457 g/mol.